The molecule has 0 spiro atoms. The first-order valence-corrected chi connectivity index (χ1v) is 8.66. The number of ether oxygens (including phenoxy) is 1. The van der Waals surface area contributed by atoms with Crippen LogP contribution in [-0.2, 0) is 6.61 Å². The van der Waals surface area contributed by atoms with Crippen molar-refractivity contribution in [1.82, 2.24) is 10.3 Å². The standard InChI is InChI=1S/C17H20BrN3OS/c1-2-21(17(23)20-19)16(18)14-10-6-7-11-15(14)22-12-13-8-4-3-5-9-13/h3-11,16H,2,12,19H2,1H3,(H,20,23). The average molecular weight is 394 g/mol. The van der Waals surface area contributed by atoms with Crippen LogP contribution in [0.1, 0.15) is 23.0 Å². The SMILES string of the molecule is CCN(C(=S)NN)C(Br)c1ccccc1OCc1ccccc1. The minimum absolute atomic E-state index is 0.122. The molecular weight excluding hydrogens is 374 g/mol. The number of hydrogen-bond acceptors (Lipinski definition) is 3. The van der Waals surface area contributed by atoms with Crippen molar-refractivity contribution >= 4 is 33.3 Å². The van der Waals surface area contributed by atoms with Crippen LogP contribution in [0.2, 0.25) is 0 Å². The Bertz CT molecular complexity index is 639. The molecule has 4 nitrogen and oxygen atoms in total. The monoisotopic (exact) mass is 393 g/mol. The lowest BCUT2D eigenvalue weighted by molar-refractivity contribution is 0.297. The van der Waals surface area contributed by atoms with Gasteiger partial charge in [0.05, 0.1) is 0 Å². The summed E-state index contributed by atoms with van der Waals surface area (Å²) in [6.07, 6.45) is 0. The molecule has 2 aromatic carbocycles. The molecular formula is C17H20BrN3OS. The minimum Gasteiger partial charge on any atom is -0.489 e. The molecule has 0 amide bonds. The molecule has 0 radical (unpaired) electrons. The molecule has 1 unspecified atom stereocenters. The molecule has 0 aromatic heterocycles. The van der Waals surface area contributed by atoms with Gasteiger partial charge in [-0.2, -0.15) is 0 Å². The highest BCUT2D eigenvalue weighted by molar-refractivity contribution is 9.09. The highest BCUT2D eigenvalue weighted by Gasteiger charge is 2.21. The van der Waals surface area contributed by atoms with Gasteiger partial charge in [-0.05, 0) is 30.8 Å². The molecule has 0 aliphatic heterocycles. The van der Waals surface area contributed by atoms with Crippen molar-refractivity contribution in [2.75, 3.05) is 6.54 Å². The smallest absolute Gasteiger partial charge is 0.184 e. The summed E-state index contributed by atoms with van der Waals surface area (Å²) in [5, 5.41) is 0.479. The number of alkyl halides is 1. The summed E-state index contributed by atoms with van der Waals surface area (Å²) in [6, 6.07) is 18.0. The number of benzene rings is 2. The van der Waals surface area contributed by atoms with E-state index in [-0.39, 0.29) is 4.95 Å². The first kappa shape index (κ1) is 17.7. The summed E-state index contributed by atoms with van der Waals surface area (Å²) in [7, 11) is 0. The van der Waals surface area contributed by atoms with Crippen molar-refractivity contribution in [3.8, 4) is 5.75 Å². The summed E-state index contributed by atoms with van der Waals surface area (Å²) < 4.78 is 6.00. The van der Waals surface area contributed by atoms with Crippen LogP contribution in [-0.4, -0.2) is 16.6 Å². The van der Waals surface area contributed by atoms with Crippen LogP contribution in [0.3, 0.4) is 0 Å². The normalized spacial score (nSPS) is 11.6. The Morgan fingerprint density at radius 2 is 1.87 bits per heavy atom. The molecule has 23 heavy (non-hydrogen) atoms. The largest absolute Gasteiger partial charge is 0.489 e. The number of para-hydroxylation sites is 1. The van der Waals surface area contributed by atoms with Crippen LogP contribution >= 0.6 is 28.1 Å². The van der Waals surface area contributed by atoms with Crippen LogP contribution in [0.25, 0.3) is 0 Å². The molecule has 1 atom stereocenters. The molecule has 0 bridgehead atoms. The lowest BCUT2D eigenvalue weighted by atomic mass is 10.2. The number of nitrogens with zero attached hydrogens (tertiary/aromatic N) is 1. The summed E-state index contributed by atoms with van der Waals surface area (Å²) in [4.78, 5) is 1.82. The highest BCUT2D eigenvalue weighted by atomic mass is 79.9. The topological polar surface area (TPSA) is 50.5 Å². The predicted octanol–water partition coefficient (Wildman–Crippen LogP) is 3.73. The molecule has 0 saturated heterocycles. The van der Waals surface area contributed by atoms with Gasteiger partial charge in [0.15, 0.2) is 5.11 Å². The number of rotatable bonds is 6. The van der Waals surface area contributed by atoms with Gasteiger partial charge in [-0.1, -0.05) is 64.5 Å². The summed E-state index contributed by atoms with van der Waals surface area (Å²) in [5.74, 6) is 6.27. The number of hydrogen-bond donors (Lipinski definition) is 2. The zero-order valence-corrected chi connectivity index (χ0v) is 15.3. The van der Waals surface area contributed by atoms with E-state index in [1.807, 2.05) is 66.4 Å². The first-order chi connectivity index (χ1) is 11.2. The van der Waals surface area contributed by atoms with E-state index in [2.05, 4.69) is 21.4 Å². The third-order valence-corrected chi connectivity index (χ3v) is 4.75. The second kappa shape index (κ2) is 8.86. The van der Waals surface area contributed by atoms with Gasteiger partial charge in [0.1, 0.15) is 17.3 Å². The molecule has 122 valence electrons. The van der Waals surface area contributed by atoms with Crippen LogP contribution in [0.15, 0.2) is 54.6 Å². The first-order valence-electron chi connectivity index (χ1n) is 7.34. The van der Waals surface area contributed by atoms with Crippen molar-refractivity contribution in [3.63, 3.8) is 0 Å². The Balaban J connectivity index is 2.17. The van der Waals surface area contributed by atoms with E-state index in [1.54, 1.807) is 0 Å². The van der Waals surface area contributed by atoms with E-state index < -0.39 is 0 Å². The lowest BCUT2D eigenvalue weighted by Crippen LogP contribution is -2.43. The minimum atomic E-state index is -0.122. The van der Waals surface area contributed by atoms with Crippen molar-refractivity contribution in [1.29, 1.82) is 0 Å². The van der Waals surface area contributed by atoms with E-state index in [9.17, 15) is 0 Å². The maximum atomic E-state index is 6.00. The zero-order chi connectivity index (χ0) is 16.7. The van der Waals surface area contributed by atoms with E-state index in [0.717, 1.165) is 16.9 Å². The summed E-state index contributed by atoms with van der Waals surface area (Å²) >= 11 is 8.95. The Morgan fingerprint density at radius 1 is 1.22 bits per heavy atom. The average Bonchev–Trinajstić information content (AvgIpc) is 2.61. The fourth-order valence-corrected chi connectivity index (χ4v) is 3.44. The number of thiocarbonyl (C=S) groups is 1. The van der Waals surface area contributed by atoms with Crippen molar-refractivity contribution < 1.29 is 4.74 Å². The van der Waals surface area contributed by atoms with E-state index >= 15 is 0 Å². The molecule has 0 fully saturated rings. The van der Waals surface area contributed by atoms with Gasteiger partial charge in [-0.15, -0.1) is 0 Å². The van der Waals surface area contributed by atoms with E-state index in [0.29, 0.717) is 18.3 Å². The molecule has 2 aromatic rings. The van der Waals surface area contributed by atoms with Gasteiger partial charge < -0.3 is 15.1 Å². The Labute approximate surface area is 150 Å². The summed E-state index contributed by atoms with van der Waals surface area (Å²) in [5.41, 5.74) is 4.66. The molecule has 0 aliphatic rings. The van der Waals surface area contributed by atoms with Gasteiger partial charge in [-0.3, -0.25) is 0 Å². The van der Waals surface area contributed by atoms with Crippen molar-refractivity contribution in [2.24, 2.45) is 5.84 Å². The fraction of sp³-hybridized carbons (Fsp3) is 0.235. The quantitative estimate of drug-likeness (QED) is 0.257. The number of nitrogens with one attached hydrogen (secondary N) is 1. The van der Waals surface area contributed by atoms with E-state index in [4.69, 9.17) is 22.8 Å². The zero-order valence-electron chi connectivity index (χ0n) is 12.9. The number of nitrogens with two attached hydrogens (primary N) is 1. The molecule has 0 aliphatic carbocycles. The molecule has 0 heterocycles. The molecule has 2 rings (SSSR count). The second-order valence-corrected chi connectivity index (χ2v) is 6.14. The number of hydrazine groups is 1. The highest BCUT2D eigenvalue weighted by Crippen LogP contribution is 2.34. The maximum Gasteiger partial charge on any atom is 0.184 e. The van der Waals surface area contributed by atoms with Gasteiger partial charge in [0, 0.05) is 12.1 Å². The van der Waals surface area contributed by atoms with Crippen LogP contribution in [0, 0.1) is 0 Å². The Hall–Kier alpha value is -1.63. The summed E-state index contributed by atoms with van der Waals surface area (Å²) in [6.45, 7) is 3.25. The number of halogens is 1. The van der Waals surface area contributed by atoms with Gasteiger partial charge in [0.25, 0.3) is 0 Å². The predicted molar refractivity (Wildman–Crippen MR) is 101 cm³/mol. The fourth-order valence-electron chi connectivity index (χ4n) is 2.20. The van der Waals surface area contributed by atoms with Gasteiger partial charge >= 0.3 is 0 Å². The van der Waals surface area contributed by atoms with Crippen LogP contribution < -0.4 is 16.0 Å². The maximum absolute atomic E-state index is 6.00. The van der Waals surface area contributed by atoms with Crippen LogP contribution in [0.4, 0.5) is 0 Å². The van der Waals surface area contributed by atoms with Crippen molar-refractivity contribution in [3.05, 3.63) is 65.7 Å². The third-order valence-electron chi connectivity index (χ3n) is 3.41. The lowest BCUT2D eigenvalue weighted by Gasteiger charge is -2.29. The second-order valence-electron chi connectivity index (χ2n) is 4.88. The Morgan fingerprint density at radius 3 is 2.52 bits per heavy atom. The van der Waals surface area contributed by atoms with Crippen molar-refractivity contribution in [2.45, 2.75) is 18.5 Å². The van der Waals surface area contributed by atoms with Gasteiger partial charge in [0.2, 0.25) is 0 Å². The molecule has 6 heteroatoms. The molecule has 3 N–H and O–H groups in total. The van der Waals surface area contributed by atoms with Crippen LogP contribution in [0.5, 0.6) is 5.75 Å². The van der Waals surface area contributed by atoms with E-state index in [1.165, 1.54) is 0 Å². The third kappa shape index (κ3) is 4.67. The Kier molecular flexibility index (Phi) is 6.83. The molecule has 0 saturated carbocycles. The van der Waals surface area contributed by atoms with Gasteiger partial charge in [-0.25, -0.2) is 5.84 Å².